The highest BCUT2D eigenvalue weighted by Crippen LogP contribution is 2.50. The molecule has 2 atom stereocenters. The molecule has 1 aliphatic carbocycles. The van der Waals surface area contributed by atoms with Crippen LogP contribution in [0.25, 0.3) is 10.9 Å². The minimum absolute atomic E-state index is 0.00977. The van der Waals surface area contributed by atoms with E-state index in [1.54, 1.807) is 4.90 Å². The number of rotatable bonds is 7. The lowest BCUT2D eigenvalue weighted by atomic mass is 10.1. The molecule has 4 fully saturated rings. The van der Waals surface area contributed by atoms with E-state index in [9.17, 15) is 9.90 Å². The molecule has 10 heteroatoms. The van der Waals surface area contributed by atoms with Crippen molar-refractivity contribution in [1.82, 2.24) is 14.9 Å². The van der Waals surface area contributed by atoms with Crippen LogP contribution in [0.5, 0.6) is 11.8 Å². The van der Waals surface area contributed by atoms with Gasteiger partial charge in [0.15, 0.2) is 5.75 Å². The lowest BCUT2D eigenvalue weighted by molar-refractivity contribution is 0.0219. The number of ether oxygens (including phenoxy) is 3. The highest BCUT2D eigenvalue weighted by Gasteiger charge is 2.46. The quantitative estimate of drug-likeness (QED) is 0.391. The molecule has 1 amide bonds. The van der Waals surface area contributed by atoms with Gasteiger partial charge >= 0.3 is 12.1 Å². The highest BCUT2D eigenvalue weighted by atomic mass is 79.9. The predicted molar refractivity (Wildman–Crippen MR) is 149 cm³/mol. The number of aromatic nitrogens is 2. The highest BCUT2D eigenvalue weighted by molar-refractivity contribution is 9.10. The normalized spacial score (nSPS) is 23.0. The van der Waals surface area contributed by atoms with E-state index in [1.165, 1.54) is 5.56 Å². The van der Waals surface area contributed by atoms with Crippen molar-refractivity contribution in [2.75, 3.05) is 31.2 Å². The maximum atomic E-state index is 11.7. The zero-order valence-electron chi connectivity index (χ0n) is 21.6. The molecular formula is C29H31BrN4O5. The third-order valence-corrected chi connectivity index (χ3v) is 9.13. The van der Waals surface area contributed by atoms with Gasteiger partial charge in [0.25, 0.3) is 0 Å². The molecule has 39 heavy (non-hydrogen) atoms. The van der Waals surface area contributed by atoms with Crippen LogP contribution in [0.4, 0.5) is 10.6 Å². The van der Waals surface area contributed by atoms with Gasteiger partial charge in [-0.05, 0) is 58.3 Å². The molecule has 4 aliphatic rings. The van der Waals surface area contributed by atoms with Crippen LogP contribution < -0.4 is 14.4 Å². The first-order valence-corrected chi connectivity index (χ1v) is 14.6. The van der Waals surface area contributed by atoms with E-state index in [0.29, 0.717) is 56.1 Å². The fourth-order valence-corrected chi connectivity index (χ4v) is 6.87. The third-order valence-electron chi connectivity index (χ3n) is 8.31. The topological polar surface area (TPSA) is 97.3 Å². The van der Waals surface area contributed by atoms with Crippen LogP contribution in [0.3, 0.4) is 0 Å². The van der Waals surface area contributed by atoms with Gasteiger partial charge in [-0.25, -0.2) is 4.79 Å². The molecular weight excluding hydrogens is 564 g/mol. The Morgan fingerprint density at radius 3 is 2.56 bits per heavy atom. The number of piperazine rings is 1. The summed E-state index contributed by atoms with van der Waals surface area (Å²) in [5.74, 6) is 1.99. The molecule has 4 heterocycles. The van der Waals surface area contributed by atoms with E-state index in [4.69, 9.17) is 24.2 Å². The minimum atomic E-state index is -0.852. The first-order valence-electron chi connectivity index (χ1n) is 13.8. The summed E-state index contributed by atoms with van der Waals surface area (Å²) in [5.41, 5.74) is 3.00. The SMILES string of the molecule is O=C(O)N1C[C@@H]2CC1CN2c1nc(OC2CCOCC2)nc2c(OCc3ccccc3)c(Br)c(C3CC3)cc12. The van der Waals surface area contributed by atoms with Crippen LogP contribution in [0, 0.1) is 0 Å². The number of carboxylic acid groups (broad SMARTS) is 1. The second-order valence-electron chi connectivity index (χ2n) is 10.9. The van der Waals surface area contributed by atoms with Gasteiger partial charge in [0.1, 0.15) is 24.0 Å². The largest absolute Gasteiger partial charge is 0.485 e. The summed E-state index contributed by atoms with van der Waals surface area (Å²) in [6, 6.07) is 12.7. The summed E-state index contributed by atoms with van der Waals surface area (Å²) in [6.07, 6.45) is 3.81. The molecule has 2 bridgehead atoms. The maximum Gasteiger partial charge on any atom is 0.407 e. The van der Waals surface area contributed by atoms with Crippen LogP contribution in [0.2, 0.25) is 0 Å². The second kappa shape index (κ2) is 10.1. The number of benzene rings is 2. The van der Waals surface area contributed by atoms with Crippen molar-refractivity contribution in [1.29, 1.82) is 0 Å². The Morgan fingerprint density at radius 1 is 1.08 bits per heavy atom. The van der Waals surface area contributed by atoms with E-state index in [-0.39, 0.29) is 18.2 Å². The number of nitrogens with zero attached hydrogens (tertiary/aromatic N) is 4. The van der Waals surface area contributed by atoms with E-state index in [0.717, 1.165) is 53.3 Å². The van der Waals surface area contributed by atoms with Gasteiger partial charge < -0.3 is 29.1 Å². The average Bonchev–Trinajstić information content (AvgIpc) is 3.59. The van der Waals surface area contributed by atoms with Gasteiger partial charge in [0, 0.05) is 31.3 Å². The lowest BCUT2D eigenvalue weighted by Gasteiger charge is -2.34. The molecule has 204 valence electrons. The van der Waals surface area contributed by atoms with Gasteiger partial charge in [0.05, 0.1) is 29.8 Å². The zero-order valence-corrected chi connectivity index (χ0v) is 23.2. The Morgan fingerprint density at radius 2 is 1.87 bits per heavy atom. The Balaban J connectivity index is 1.33. The number of hydrogen-bond donors (Lipinski definition) is 1. The van der Waals surface area contributed by atoms with E-state index < -0.39 is 6.09 Å². The van der Waals surface area contributed by atoms with Gasteiger partial charge in [-0.3, -0.25) is 0 Å². The van der Waals surface area contributed by atoms with E-state index >= 15 is 0 Å². The molecule has 3 saturated heterocycles. The third kappa shape index (κ3) is 4.78. The van der Waals surface area contributed by atoms with Crippen LogP contribution in [0.15, 0.2) is 40.9 Å². The second-order valence-corrected chi connectivity index (χ2v) is 11.7. The standard InChI is InChI=1S/C29H31BrN4O5/c30-24-22(18-6-7-18)13-23-25(26(24)38-16-17-4-2-1-3-5-17)31-28(39-21-8-10-37-11-9-21)32-27(23)33-14-20-12-19(33)15-34(20)29(35)36/h1-5,13,18-21H,6-12,14-16H2,(H,35,36)/t19-,20?/m0/s1. The van der Waals surface area contributed by atoms with E-state index in [1.807, 2.05) is 18.2 Å². The summed E-state index contributed by atoms with van der Waals surface area (Å²) in [6.45, 7) is 2.82. The van der Waals surface area contributed by atoms with Crippen molar-refractivity contribution in [2.45, 2.75) is 62.8 Å². The van der Waals surface area contributed by atoms with Crippen molar-refractivity contribution in [3.8, 4) is 11.8 Å². The fraction of sp³-hybridized carbons (Fsp3) is 0.483. The molecule has 9 nitrogen and oxygen atoms in total. The number of hydrogen-bond acceptors (Lipinski definition) is 7. The van der Waals surface area contributed by atoms with Crippen molar-refractivity contribution in [3.05, 3.63) is 52.0 Å². The molecule has 3 aliphatic heterocycles. The Bertz CT molecular complexity index is 1400. The number of likely N-dealkylation sites (tertiary alicyclic amines) is 1. The van der Waals surface area contributed by atoms with Crippen LogP contribution in [-0.4, -0.2) is 70.6 Å². The fourth-order valence-electron chi connectivity index (χ4n) is 6.13. The van der Waals surface area contributed by atoms with Crippen LogP contribution >= 0.6 is 15.9 Å². The smallest absolute Gasteiger partial charge is 0.407 e. The van der Waals surface area contributed by atoms with Crippen molar-refractivity contribution in [2.24, 2.45) is 0 Å². The number of amides is 1. The zero-order chi connectivity index (χ0) is 26.5. The van der Waals surface area contributed by atoms with Gasteiger partial charge in [-0.15, -0.1) is 0 Å². The van der Waals surface area contributed by atoms with Crippen molar-refractivity contribution in [3.63, 3.8) is 0 Å². The molecule has 1 saturated carbocycles. The summed E-state index contributed by atoms with van der Waals surface area (Å²) in [7, 11) is 0. The van der Waals surface area contributed by atoms with Gasteiger partial charge in [-0.1, -0.05) is 30.3 Å². The monoisotopic (exact) mass is 594 g/mol. The van der Waals surface area contributed by atoms with E-state index in [2.05, 4.69) is 39.0 Å². The first kappa shape index (κ1) is 24.9. The lowest BCUT2D eigenvalue weighted by Crippen LogP contribution is -2.48. The minimum Gasteiger partial charge on any atom is -0.485 e. The number of fused-ring (bicyclic) bond motifs is 3. The summed E-state index contributed by atoms with van der Waals surface area (Å²) >= 11 is 3.88. The molecule has 7 rings (SSSR count). The molecule has 1 unspecified atom stereocenters. The Hall–Kier alpha value is -3.11. The first-order chi connectivity index (χ1) is 19.0. The molecule has 1 N–H and O–H groups in total. The summed E-state index contributed by atoms with van der Waals surface area (Å²) < 4.78 is 19.3. The van der Waals surface area contributed by atoms with Crippen molar-refractivity contribution >= 4 is 38.7 Å². The Labute approximate surface area is 235 Å². The van der Waals surface area contributed by atoms with Crippen LogP contribution in [-0.2, 0) is 11.3 Å². The summed E-state index contributed by atoms with van der Waals surface area (Å²) in [5, 5.41) is 10.6. The Kier molecular flexibility index (Phi) is 6.47. The summed E-state index contributed by atoms with van der Waals surface area (Å²) in [4.78, 5) is 25.5. The predicted octanol–water partition coefficient (Wildman–Crippen LogP) is 5.35. The number of halogens is 1. The molecule has 1 aromatic heterocycles. The average molecular weight is 595 g/mol. The number of carbonyl (C=O) groups is 1. The van der Waals surface area contributed by atoms with Gasteiger partial charge in [-0.2, -0.15) is 9.97 Å². The van der Waals surface area contributed by atoms with Crippen molar-refractivity contribution < 1.29 is 24.1 Å². The molecule has 3 aromatic rings. The maximum absolute atomic E-state index is 11.7. The van der Waals surface area contributed by atoms with Gasteiger partial charge in [0.2, 0.25) is 0 Å². The van der Waals surface area contributed by atoms with Crippen LogP contribution in [0.1, 0.15) is 49.1 Å². The molecule has 0 radical (unpaired) electrons. The molecule has 0 spiro atoms. The molecule has 2 aromatic carbocycles. The number of anilines is 1.